The van der Waals surface area contributed by atoms with Gasteiger partial charge in [0.25, 0.3) is 0 Å². The fraction of sp³-hybridized carbons (Fsp3) is 1.00. The maximum atomic E-state index is 9.82. The second kappa shape index (κ2) is 10.8. The zero-order valence-electron chi connectivity index (χ0n) is 22.6. The summed E-state index contributed by atoms with van der Waals surface area (Å²) in [6.45, 7) is 11.4. The van der Waals surface area contributed by atoms with Crippen molar-refractivity contribution >= 4 is 0 Å². The van der Waals surface area contributed by atoms with Crippen LogP contribution < -0.4 is 0 Å². The highest BCUT2D eigenvalue weighted by Gasteiger charge is 2.49. The molecule has 4 aliphatic heterocycles. The summed E-state index contributed by atoms with van der Waals surface area (Å²) in [5.74, 6) is -8.39. The Morgan fingerprint density at radius 3 is 1.24 bits per heavy atom. The van der Waals surface area contributed by atoms with Crippen LogP contribution in [-0.4, -0.2) is 120 Å². The second-order valence-electron chi connectivity index (χ2n) is 11.1. The van der Waals surface area contributed by atoms with Gasteiger partial charge in [-0.3, -0.25) is 0 Å². The van der Waals surface area contributed by atoms with Gasteiger partial charge in [-0.25, -0.2) is 0 Å². The van der Waals surface area contributed by atoms with Gasteiger partial charge in [0.15, 0.2) is 46.8 Å². The van der Waals surface area contributed by atoms with E-state index in [1.165, 1.54) is 27.7 Å². The molecular weight excluding hydrogens is 500 g/mol. The van der Waals surface area contributed by atoms with E-state index in [1.807, 2.05) is 0 Å². The molecule has 0 amide bonds. The van der Waals surface area contributed by atoms with E-state index < -0.39 is 46.8 Å². The number of rotatable bonds is 4. The van der Waals surface area contributed by atoms with Crippen molar-refractivity contribution in [2.24, 2.45) is 0 Å². The summed E-state index contributed by atoms with van der Waals surface area (Å²) in [4.78, 5) is 0. The fourth-order valence-electron chi connectivity index (χ4n) is 3.54. The lowest BCUT2D eigenvalue weighted by Gasteiger charge is -2.48. The molecule has 37 heavy (non-hydrogen) atoms. The van der Waals surface area contributed by atoms with E-state index in [9.17, 15) is 10.2 Å². The molecule has 14 heteroatoms. The molecule has 0 saturated carbocycles. The SMILES string of the molecule is CC1(O)COC(C)(O)CO1.CC1(O)COC(OC2(C)COC(C)(OC3(C)COC(C)(O)CO3)CO2)CO1. The standard InChI is InChI=1S/C17H30O10.C6H12O4/c1-13(18)7-20-12(6-21-13)26-15(3)9-25-17(5,11-24-15)27-16(4)10-22-14(2,19)8-23-16;1-5(7)3-10-6(2,8)4-9-5/h12,18-19H,6-11H2,1-5H3;7-8H,3-4H2,1-2H3. The minimum absolute atomic E-state index is 0. The third-order valence-corrected chi connectivity index (χ3v) is 5.75. The molecule has 4 rings (SSSR count). The van der Waals surface area contributed by atoms with Crippen LogP contribution in [0.15, 0.2) is 0 Å². The molecule has 4 N–H and O–H groups in total. The Hall–Kier alpha value is -0.560. The first-order chi connectivity index (χ1) is 16.7. The van der Waals surface area contributed by atoms with Gasteiger partial charge in [-0.05, 0) is 48.5 Å². The predicted molar refractivity (Wildman–Crippen MR) is 121 cm³/mol. The molecule has 0 bridgehead atoms. The van der Waals surface area contributed by atoms with Crippen LogP contribution in [-0.2, 0) is 47.4 Å². The molecule has 0 radical (unpaired) electrons. The Labute approximate surface area is 216 Å². The van der Waals surface area contributed by atoms with E-state index in [0.29, 0.717) is 0 Å². The first-order valence-corrected chi connectivity index (χ1v) is 12.1. The minimum Gasteiger partial charge on any atom is -0.364 e. The van der Waals surface area contributed by atoms with E-state index in [2.05, 4.69) is 0 Å². The van der Waals surface area contributed by atoms with Crippen LogP contribution in [0.1, 0.15) is 48.5 Å². The Morgan fingerprint density at radius 1 is 0.486 bits per heavy atom. The summed E-state index contributed by atoms with van der Waals surface area (Å²) in [6, 6.07) is 0. The zero-order valence-corrected chi connectivity index (χ0v) is 22.6. The molecule has 0 spiro atoms. The van der Waals surface area contributed by atoms with Crippen molar-refractivity contribution in [2.45, 2.75) is 95.3 Å². The Balaban J connectivity index is 0.000000319. The van der Waals surface area contributed by atoms with Gasteiger partial charge in [0.1, 0.15) is 52.9 Å². The quantitative estimate of drug-likeness (QED) is 0.358. The lowest BCUT2D eigenvalue weighted by molar-refractivity contribution is -0.459. The minimum atomic E-state index is -1.34. The van der Waals surface area contributed by atoms with Crippen LogP contribution in [0.2, 0.25) is 0 Å². The van der Waals surface area contributed by atoms with Gasteiger partial charge in [-0.15, -0.1) is 0 Å². The highest BCUT2D eigenvalue weighted by Crippen LogP contribution is 2.35. The van der Waals surface area contributed by atoms with Crippen LogP contribution in [0.3, 0.4) is 0 Å². The van der Waals surface area contributed by atoms with E-state index in [4.69, 9.17) is 57.6 Å². The van der Waals surface area contributed by atoms with Crippen molar-refractivity contribution in [3.8, 4) is 0 Å². The second-order valence-corrected chi connectivity index (χ2v) is 11.1. The summed E-state index contributed by atoms with van der Waals surface area (Å²) in [5, 5.41) is 37.8. The molecule has 8 unspecified atom stereocenters. The number of hydrogen-bond acceptors (Lipinski definition) is 14. The average molecular weight is 543 g/mol. The molecule has 14 nitrogen and oxygen atoms in total. The summed E-state index contributed by atoms with van der Waals surface area (Å²) in [6.07, 6.45) is -0.682. The van der Waals surface area contributed by atoms with Crippen LogP contribution in [0, 0.1) is 0 Å². The molecule has 0 aromatic heterocycles. The predicted octanol–water partition coefficient (Wildman–Crippen LogP) is -0.498. The maximum Gasteiger partial charge on any atom is 0.192 e. The molecule has 0 aromatic rings. The fourth-order valence-corrected chi connectivity index (χ4v) is 3.54. The van der Waals surface area contributed by atoms with E-state index >= 15 is 0 Å². The van der Waals surface area contributed by atoms with Gasteiger partial charge in [0.2, 0.25) is 0 Å². The number of hydrogen-bond donors (Lipinski definition) is 4. The van der Waals surface area contributed by atoms with Gasteiger partial charge in [0, 0.05) is 0 Å². The van der Waals surface area contributed by atoms with Crippen LogP contribution in [0.25, 0.3) is 0 Å². The zero-order chi connectivity index (χ0) is 27.8. The third kappa shape index (κ3) is 9.54. The van der Waals surface area contributed by atoms with Crippen molar-refractivity contribution < 1.29 is 67.8 Å². The molecular formula is C23H42O14. The van der Waals surface area contributed by atoms with Gasteiger partial charge >= 0.3 is 0 Å². The summed E-state index contributed by atoms with van der Waals surface area (Å²) >= 11 is 0. The van der Waals surface area contributed by atoms with Gasteiger partial charge in [0.05, 0.1) is 0 Å². The van der Waals surface area contributed by atoms with Crippen molar-refractivity contribution in [3.63, 3.8) is 0 Å². The normalized spacial score (nSPS) is 51.2. The van der Waals surface area contributed by atoms with Gasteiger partial charge in [-0.1, -0.05) is 0 Å². The van der Waals surface area contributed by atoms with Gasteiger partial charge < -0.3 is 67.8 Å². The molecule has 8 atom stereocenters. The van der Waals surface area contributed by atoms with Crippen molar-refractivity contribution in [1.82, 2.24) is 0 Å². The highest BCUT2D eigenvalue weighted by molar-refractivity contribution is 4.81. The Bertz CT molecular complexity index is 711. The molecule has 0 aromatic carbocycles. The van der Waals surface area contributed by atoms with Crippen LogP contribution >= 0.6 is 0 Å². The summed E-state index contributed by atoms with van der Waals surface area (Å²) in [5.41, 5.74) is 0. The van der Waals surface area contributed by atoms with Crippen molar-refractivity contribution in [2.75, 3.05) is 52.9 Å². The molecule has 218 valence electrons. The smallest absolute Gasteiger partial charge is 0.192 e. The average Bonchev–Trinajstić information content (AvgIpc) is 2.78. The lowest BCUT2D eigenvalue weighted by Crippen LogP contribution is -2.61. The molecule has 4 saturated heterocycles. The summed E-state index contributed by atoms with van der Waals surface area (Å²) in [7, 11) is 0. The molecule has 0 aliphatic carbocycles. The Morgan fingerprint density at radius 2 is 0.865 bits per heavy atom. The van der Waals surface area contributed by atoms with Gasteiger partial charge in [-0.2, -0.15) is 0 Å². The first kappa shape index (κ1) is 31.0. The first-order valence-electron chi connectivity index (χ1n) is 12.1. The lowest BCUT2D eigenvalue weighted by atomic mass is 10.2. The molecule has 4 fully saturated rings. The van der Waals surface area contributed by atoms with Crippen molar-refractivity contribution in [1.29, 1.82) is 0 Å². The van der Waals surface area contributed by atoms with Crippen LogP contribution in [0.4, 0.5) is 0 Å². The Kier molecular flexibility index (Phi) is 9.03. The third-order valence-electron chi connectivity index (χ3n) is 5.75. The maximum absolute atomic E-state index is 9.82. The van der Waals surface area contributed by atoms with E-state index in [-0.39, 0.29) is 52.9 Å². The largest absolute Gasteiger partial charge is 0.364 e. The topological polar surface area (TPSA) is 173 Å². The molecule has 4 aliphatic rings. The van der Waals surface area contributed by atoms with E-state index in [0.717, 1.165) is 0 Å². The number of aliphatic hydroxyl groups is 4. The highest BCUT2D eigenvalue weighted by atomic mass is 16.9. The monoisotopic (exact) mass is 542 g/mol. The molecule has 4 heterocycles. The summed E-state index contributed by atoms with van der Waals surface area (Å²) < 4.78 is 54.9. The van der Waals surface area contributed by atoms with Crippen LogP contribution in [0.5, 0.6) is 0 Å². The van der Waals surface area contributed by atoms with Crippen molar-refractivity contribution in [3.05, 3.63) is 0 Å². The number of ether oxygens (including phenoxy) is 10. The van der Waals surface area contributed by atoms with E-state index in [1.54, 1.807) is 20.8 Å².